The minimum Gasteiger partial charge on any atom is -0.387 e. The molecular formula is C14H24N2O. The van der Waals surface area contributed by atoms with E-state index in [2.05, 4.69) is 37.7 Å². The van der Waals surface area contributed by atoms with Gasteiger partial charge in [0.15, 0.2) is 0 Å². The van der Waals surface area contributed by atoms with Crippen molar-refractivity contribution < 1.29 is 5.11 Å². The number of aliphatic hydroxyl groups excluding tert-OH is 1. The zero-order valence-corrected chi connectivity index (χ0v) is 11.6. The first kappa shape index (κ1) is 14.0. The highest BCUT2D eigenvalue weighted by atomic mass is 16.3. The van der Waals surface area contributed by atoms with Crippen LogP contribution in [0.15, 0.2) is 18.3 Å². The Bertz CT molecular complexity index is 346. The Hall–Kier alpha value is -1.09. The normalized spacial score (nSPS) is 13.5. The molecule has 0 spiro atoms. The van der Waals surface area contributed by atoms with Gasteiger partial charge in [0.25, 0.3) is 0 Å². The molecule has 0 aromatic carbocycles. The third kappa shape index (κ3) is 3.19. The van der Waals surface area contributed by atoms with Gasteiger partial charge in [0.1, 0.15) is 0 Å². The lowest BCUT2D eigenvalue weighted by molar-refractivity contribution is 0.169. The van der Waals surface area contributed by atoms with E-state index in [1.165, 1.54) is 0 Å². The lowest BCUT2D eigenvalue weighted by atomic mass is 9.99. The molecule has 0 saturated carbocycles. The van der Waals surface area contributed by atoms with Gasteiger partial charge in [-0.3, -0.25) is 4.98 Å². The van der Waals surface area contributed by atoms with E-state index in [1.807, 2.05) is 25.3 Å². The molecule has 0 saturated heterocycles. The van der Waals surface area contributed by atoms with Gasteiger partial charge in [-0.25, -0.2) is 0 Å². The van der Waals surface area contributed by atoms with Crippen molar-refractivity contribution in [1.82, 2.24) is 4.98 Å². The van der Waals surface area contributed by atoms with E-state index in [0.29, 0.717) is 6.42 Å². The van der Waals surface area contributed by atoms with Crippen molar-refractivity contribution in [2.45, 2.75) is 52.2 Å². The summed E-state index contributed by atoms with van der Waals surface area (Å²) in [4.78, 5) is 6.55. The predicted molar refractivity (Wildman–Crippen MR) is 72.3 cm³/mol. The second-order valence-corrected chi connectivity index (χ2v) is 5.09. The highest BCUT2D eigenvalue weighted by Crippen LogP contribution is 2.25. The van der Waals surface area contributed by atoms with E-state index < -0.39 is 6.10 Å². The molecule has 0 amide bonds. The van der Waals surface area contributed by atoms with Crippen molar-refractivity contribution in [1.29, 1.82) is 0 Å². The van der Waals surface area contributed by atoms with E-state index in [1.54, 1.807) is 0 Å². The molecule has 1 aromatic rings. The number of anilines is 1. The lowest BCUT2D eigenvalue weighted by Gasteiger charge is -2.36. The van der Waals surface area contributed by atoms with Gasteiger partial charge in [-0.1, -0.05) is 13.8 Å². The van der Waals surface area contributed by atoms with Crippen LogP contribution in [-0.2, 0) is 0 Å². The third-order valence-electron chi connectivity index (χ3n) is 3.66. The molecule has 1 N–H and O–H groups in total. The van der Waals surface area contributed by atoms with E-state index in [4.69, 9.17) is 0 Å². The maximum Gasteiger partial charge on any atom is 0.0957 e. The van der Waals surface area contributed by atoms with Gasteiger partial charge in [-0.05, 0) is 38.8 Å². The summed E-state index contributed by atoms with van der Waals surface area (Å²) in [6, 6.07) is 3.93. The average Bonchev–Trinajstić information content (AvgIpc) is 2.37. The van der Waals surface area contributed by atoms with Crippen LogP contribution in [0, 0.1) is 0 Å². The fourth-order valence-corrected chi connectivity index (χ4v) is 1.59. The van der Waals surface area contributed by atoms with Crippen molar-refractivity contribution in [2.75, 3.05) is 11.9 Å². The molecule has 0 bridgehead atoms. The van der Waals surface area contributed by atoms with E-state index in [0.717, 1.165) is 17.8 Å². The predicted octanol–water partition coefficient (Wildman–Crippen LogP) is 3.15. The Morgan fingerprint density at radius 2 is 2.00 bits per heavy atom. The molecule has 0 aliphatic heterocycles. The highest BCUT2D eigenvalue weighted by Gasteiger charge is 2.21. The molecule has 0 fully saturated rings. The molecule has 0 aliphatic rings. The van der Waals surface area contributed by atoms with Crippen LogP contribution < -0.4 is 4.90 Å². The zero-order valence-electron chi connectivity index (χ0n) is 11.6. The molecular weight excluding hydrogens is 212 g/mol. The minimum atomic E-state index is -0.450. The van der Waals surface area contributed by atoms with Crippen LogP contribution in [0.5, 0.6) is 0 Å². The Labute approximate surface area is 104 Å². The van der Waals surface area contributed by atoms with Crippen LogP contribution in [0.2, 0.25) is 0 Å². The number of pyridine rings is 1. The van der Waals surface area contributed by atoms with Crippen molar-refractivity contribution in [3.05, 3.63) is 24.0 Å². The van der Waals surface area contributed by atoms with Crippen LogP contribution in [0.1, 0.15) is 52.3 Å². The molecule has 0 unspecified atom stereocenters. The zero-order chi connectivity index (χ0) is 13.1. The van der Waals surface area contributed by atoms with Crippen molar-refractivity contribution in [3.63, 3.8) is 0 Å². The molecule has 17 heavy (non-hydrogen) atoms. The van der Waals surface area contributed by atoms with E-state index in [-0.39, 0.29) is 5.54 Å². The van der Waals surface area contributed by atoms with Crippen LogP contribution in [0.4, 0.5) is 5.69 Å². The molecule has 0 radical (unpaired) electrons. The van der Waals surface area contributed by atoms with Gasteiger partial charge in [0.05, 0.1) is 23.7 Å². The SMILES string of the molecule is CC[C@@H](O)c1ccc(N(C)C(C)(C)CC)cn1. The quantitative estimate of drug-likeness (QED) is 0.853. The standard InChI is InChI=1S/C14H24N2O/c1-6-13(17)12-9-8-11(10-15-12)16(5)14(3,4)7-2/h8-10,13,17H,6-7H2,1-5H3/t13-/m1/s1. The third-order valence-corrected chi connectivity index (χ3v) is 3.66. The number of aromatic nitrogens is 1. The van der Waals surface area contributed by atoms with Gasteiger partial charge in [0, 0.05) is 12.6 Å². The number of hydrogen-bond acceptors (Lipinski definition) is 3. The Morgan fingerprint density at radius 1 is 1.35 bits per heavy atom. The second kappa shape index (κ2) is 5.50. The molecule has 3 nitrogen and oxygen atoms in total. The van der Waals surface area contributed by atoms with E-state index >= 15 is 0 Å². The first-order valence-electron chi connectivity index (χ1n) is 6.30. The van der Waals surface area contributed by atoms with Gasteiger partial charge in [-0.15, -0.1) is 0 Å². The summed E-state index contributed by atoms with van der Waals surface area (Å²) in [7, 11) is 2.08. The summed E-state index contributed by atoms with van der Waals surface area (Å²) in [6.45, 7) is 8.55. The highest BCUT2D eigenvalue weighted by molar-refractivity contribution is 5.46. The Morgan fingerprint density at radius 3 is 2.41 bits per heavy atom. The monoisotopic (exact) mass is 236 g/mol. The van der Waals surface area contributed by atoms with Gasteiger partial charge >= 0.3 is 0 Å². The second-order valence-electron chi connectivity index (χ2n) is 5.09. The van der Waals surface area contributed by atoms with Crippen LogP contribution >= 0.6 is 0 Å². The first-order chi connectivity index (χ1) is 7.92. The average molecular weight is 236 g/mol. The summed E-state index contributed by atoms with van der Waals surface area (Å²) in [5.74, 6) is 0. The van der Waals surface area contributed by atoms with Crippen molar-refractivity contribution >= 4 is 5.69 Å². The summed E-state index contributed by atoms with van der Waals surface area (Å²) >= 11 is 0. The molecule has 96 valence electrons. The fraction of sp³-hybridized carbons (Fsp3) is 0.643. The van der Waals surface area contributed by atoms with Gasteiger partial charge < -0.3 is 10.0 Å². The Kier molecular flexibility index (Phi) is 4.52. The molecule has 1 aromatic heterocycles. The molecule has 1 atom stereocenters. The fourth-order valence-electron chi connectivity index (χ4n) is 1.59. The van der Waals surface area contributed by atoms with Crippen molar-refractivity contribution in [3.8, 4) is 0 Å². The first-order valence-corrected chi connectivity index (χ1v) is 6.30. The van der Waals surface area contributed by atoms with Crippen LogP contribution in [-0.4, -0.2) is 22.7 Å². The summed E-state index contributed by atoms with van der Waals surface area (Å²) in [5, 5.41) is 9.69. The van der Waals surface area contributed by atoms with Crippen LogP contribution in [0.25, 0.3) is 0 Å². The van der Waals surface area contributed by atoms with Crippen LogP contribution in [0.3, 0.4) is 0 Å². The largest absolute Gasteiger partial charge is 0.387 e. The minimum absolute atomic E-state index is 0.118. The Balaban J connectivity index is 2.88. The number of aliphatic hydroxyl groups is 1. The summed E-state index contributed by atoms with van der Waals surface area (Å²) in [6.07, 6.45) is 3.16. The number of nitrogens with zero attached hydrogens (tertiary/aromatic N) is 2. The van der Waals surface area contributed by atoms with Gasteiger partial charge in [0.2, 0.25) is 0 Å². The van der Waals surface area contributed by atoms with Crippen molar-refractivity contribution in [2.24, 2.45) is 0 Å². The number of hydrogen-bond donors (Lipinski definition) is 1. The topological polar surface area (TPSA) is 36.4 Å². The maximum atomic E-state index is 9.69. The molecule has 1 rings (SSSR count). The number of rotatable bonds is 5. The maximum absolute atomic E-state index is 9.69. The molecule has 3 heteroatoms. The van der Waals surface area contributed by atoms with E-state index in [9.17, 15) is 5.11 Å². The van der Waals surface area contributed by atoms with Gasteiger partial charge in [-0.2, -0.15) is 0 Å². The molecule has 1 heterocycles. The summed E-state index contributed by atoms with van der Waals surface area (Å²) < 4.78 is 0. The molecule has 0 aliphatic carbocycles. The smallest absolute Gasteiger partial charge is 0.0957 e. The summed E-state index contributed by atoms with van der Waals surface area (Å²) in [5.41, 5.74) is 1.95. The lowest BCUT2D eigenvalue weighted by Crippen LogP contribution is -2.40.